The van der Waals surface area contributed by atoms with E-state index in [0.29, 0.717) is 24.0 Å². The molecule has 0 saturated heterocycles. The lowest BCUT2D eigenvalue weighted by atomic mass is 10.1. The van der Waals surface area contributed by atoms with Crippen LogP contribution in [0.4, 0.5) is 17.6 Å². The summed E-state index contributed by atoms with van der Waals surface area (Å²) >= 11 is 0. The lowest BCUT2D eigenvalue weighted by Gasteiger charge is -2.13. The van der Waals surface area contributed by atoms with Gasteiger partial charge in [0.1, 0.15) is 23.3 Å². The third-order valence-electron chi connectivity index (χ3n) is 8.61. The van der Waals surface area contributed by atoms with Crippen LogP contribution in [0.5, 0.6) is 0 Å². The fourth-order valence-corrected chi connectivity index (χ4v) is 8.63. The number of halogens is 4. The third-order valence-corrected chi connectivity index (χ3v) is 11.7. The average Bonchev–Trinajstić information content (AvgIpc) is 3.78. The van der Waals surface area contributed by atoms with Crippen molar-refractivity contribution in [2.24, 2.45) is 5.92 Å². The molecule has 270 valence electrons. The zero-order valence-corrected chi connectivity index (χ0v) is 29.5. The Morgan fingerprint density at radius 2 is 1.02 bits per heavy atom. The molecule has 2 atom stereocenters. The van der Waals surface area contributed by atoms with Gasteiger partial charge in [-0.25, -0.2) is 43.8 Å². The van der Waals surface area contributed by atoms with Crippen LogP contribution in [0, 0.1) is 29.2 Å². The fourth-order valence-electron chi connectivity index (χ4n) is 6.04. The molecular weight excluding hydrogens is 693 g/mol. The smallest absolute Gasteiger partial charge is 0.240 e. The first kappa shape index (κ1) is 39.2. The molecular formula is C37H42F4N2O5S2. The maximum atomic E-state index is 13.8. The van der Waals surface area contributed by atoms with Gasteiger partial charge < -0.3 is 5.11 Å². The Labute approximate surface area is 291 Å². The second-order valence-corrected chi connectivity index (χ2v) is 15.5. The number of rotatable bonds is 9. The monoisotopic (exact) mass is 734 g/mol. The van der Waals surface area contributed by atoms with Crippen LogP contribution < -0.4 is 9.44 Å². The normalized spacial score (nSPS) is 17.8. The largest absolute Gasteiger partial charge is 0.396 e. The highest BCUT2D eigenvalue weighted by Gasteiger charge is 2.28. The van der Waals surface area contributed by atoms with E-state index in [4.69, 9.17) is 5.11 Å². The van der Waals surface area contributed by atoms with Crippen LogP contribution in [-0.2, 0) is 20.0 Å². The second kappa shape index (κ2) is 17.5. The molecule has 0 bridgehead atoms. The van der Waals surface area contributed by atoms with Crippen molar-refractivity contribution in [3.05, 3.63) is 108 Å². The molecule has 0 radical (unpaired) electrons. The van der Waals surface area contributed by atoms with Gasteiger partial charge in [-0.15, -0.1) is 0 Å². The van der Waals surface area contributed by atoms with E-state index in [9.17, 15) is 34.4 Å². The summed E-state index contributed by atoms with van der Waals surface area (Å²) in [5, 5.41) is 9.15. The molecule has 3 N–H and O–H groups in total. The minimum absolute atomic E-state index is 0.00535. The summed E-state index contributed by atoms with van der Waals surface area (Å²) in [6, 6.07) is 18.1. The predicted molar refractivity (Wildman–Crippen MR) is 186 cm³/mol. The van der Waals surface area contributed by atoms with Crippen LogP contribution in [0.25, 0.3) is 22.3 Å². The van der Waals surface area contributed by atoms with Crippen molar-refractivity contribution in [3.63, 3.8) is 0 Å². The van der Waals surface area contributed by atoms with E-state index in [1.165, 1.54) is 66.7 Å². The summed E-state index contributed by atoms with van der Waals surface area (Å²) in [5.74, 6) is -2.55. The lowest BCUT2D eigenvalue weighted by Crippen LogP contribution is -2.33. The molecule has 0 heterocycles. The Balaban J connectivity index is 0.000000215. The Hall–Kier alpha value is -3.62. The number of hydrogen-bond acceptors (Lipinski definition) is 5. The maximum absolute atomic E-state index is 13.8. The Morgan fingerprint density at radius 1 is 0.600 bits per heavy atom. The topological polar surface area (TPSA) is 113 Å². The van der Waals surface area contributed by atoms with Gasteiger partial charge in [0.2, 0.25) is 20.0 Å². The summed E-state index contributed by atoms with van der Waals surface area (Å²) in [6.07, 6.45) is 5.91. The predicted octanol–water partition coefficient (Wildman–Crippen LogP) is 7.95. The molecule has 7 nitrogen and oxygen atoms in total. The molecule has 0 spiro atoms. The molecule has 13 heteroatoms. The van der Waals surface area contributed by atoms with E-state index < -0.39 is 43.3 Å². The van der Waals surface area contributed by atoms with Crippen LogP contribution in [0.15, 0.2) is 94.7 Å². The second-order valence-electron chi connectivity index (χ2n) is 12.1. The summed E-state index contributed by atoms with van der Waals surface area (Å²) in [5.41, 5.74) is 1.42. The molecule has 0 amide bonds. The summed E-state index contributed by atoms with van der Waals surface area (Å²) in [4.78, 5) is 0.238. The minimum atomic E-state index is -3.68. The van der Waals surface area contributed by atoms with E-state index in [0.717, 1.165) is 50.3 Å². The molecule has 0 aromatic heterocycles. The van der Waals surface area contributed by atoms with Crippen molar-refractivity contribution >= 4 is 20.0 Å². The molecule has 50 heavy (non-hydrogen) atoms. The van der Waals surface area contributed by atoms with E-state index in [-0.39, 0.29) is 45.5 Å². The van der Waals surface area contributed by atoms with Crippen LogP contribution in [0.2, 0.25) is 0 Å². The molecule has 4 aromatic rings. The number of aliphatic hydroxyl groups is 1. The highest BCUT2D eigenvalue weighted by Crippen LogP contribution is 2.29. The number of nitrogens with one attached hydrogen (secondary N) is 2. The van der Waals surface area contributed by atoms with E-state index >= 15 is 0 Å². The summed E-state index contributed by atoms with van der Waals surface area (Å²) in [6.45, 7) is 4.07. The van der Waals surface area contributed by atoms with Gasteiger partial charge in [-0.05, 0) is 97.7 Å². The van der Waals surface area contributed by atoms with Crippen LogP contribution in [-0.4, -0.2) is 40.6 Å². The first-order valence-corrected chi connectivity index (χ1v) is 19.6. The van der Waals surface area contributed by atoms with E-state index in [2.05, 4.69) is 9.44 Å². The van der Waals surface area contributed by atoms with Crippen LogP contribution >= 0.6 is 0 Å². The number of sulfonamides is 2. The van der Waals surface area contributed by atoms with Crippen molar-refractivity contribution in [1.29, 1.82) is 0 Å². The molecule has 4 aromatic carbocycles. The molecule has 0 aliphatic heterocycles. The number of benzene rings is 4. The molecule has 2 fully saturated rings. The van der Waals surface area contributed by atoms with Crippen molar-refractivity contribution in [3.8, 4) is 22.3 Å². The lowest BCUT2D eigenvalue weighted by molar-refractivity contribution is 0.228. The highest BCUT2D eigenvalue weighted by molar-refractivity contribution is 7.89. The molecule has 2 aliphatic carbocycles. The van der Waals surface area contributed by atoms with Gasteiger partial charge in [-0.1, -0.05) is 51.0 Å². The van der Waals surface area contributed by atoms with Crippen LogP contribution in [0.3, 0.4) is 0 Å². The fraction of sp³-hybridized carbons (Fsp3) is 0.351. The quantitative estimate of drug-likeness (QED) is 0.151. The molecule has 6 rings (SSSR count). The molecule has 2 aliphatic rings. The van der Waals surface area contributed by atoms with Gasteiger partial charge in [0, 0.05) is 42.0 Å². The van der Waals surface area contributed by atoms with Crippen LogP contribution in [0.1, 0.15) is 58.8 Å². The Morgan fingerprint density at radius 3 is 1.40 bits per heavy atom. The third kappa shape index (κ3) is 10.2. The number of hydrogen-bond donors (Lipinski definition) is 3. The van der Waals surface area contributed by atoms with Crippen molar-refractivity contribution in [2.75, 3.05) is 6.61 Å². The van der Waals surface area contributed by atoms with E-state index in [1.54, 1.807) is 0 Å². The van der Waals surface area contributed by atoms with Gasteiger partial charge in [0.15, 0.2) is 0 Å². The van der Waals surface area contributed by atoms with E-state index in [1.807, 2.05) is 13.8 Å². The van der Waals surface area contributed by atoms with Gasteiger partial charge in [0.25, 0.3) is 0 Å². The maximum Gasteiger partial charge on any atom is 0.240 e. The van der Waals surface area contributed by atoms with Gasteiger partial charge >= 0.3 is 0 Å². The molecule has 1 unspecified atom stereocenters. The SMILES string of the molecule is CC.O=S(=O)(NC1CCCC1)c1ccc(-c2ccc(F)cc2F)cc1.O=S(=O)(NC1CC[C@@H](CO)C1)c1ccc(-c2ccc(F)cc2F)cc1. The zero-order valence-electron chi connectivity index (χ0n) is 27.9. The average molecular weight is 735 g/mol. The van der Waals surface area contributed by atoms with Crippen molar-refractivity contribution in [2.45, 2.75) is 80.7 Å². The Kier molecular flexibility index (Phi) is 13.7. The summed E-state index contributed by atoms with van der Waals surface area (Å²) < 4.78 is 108. The summed E-state index contributed by atoms with van der Waals surface area (Å²) in [7, 11) is -7.24. The van der Waals surface area contributed by atoms with Gasteiger partial charge in [-0.3, -0.25) is 0 Å². The minimum Gasteiger partial charge on any atom is -0.396 e. The van der Waals surface area contributed by atoms with Gasteiger partial charge in [-0.2, -0.15) is 0 Å². The first-order chi connectivity index (χ1) is 23.8. The Bertz CT molecular complexity index is 1940. The van der Waals surface area contributed by atoms with Crippen molar-refractivity contribution in [1.82, 2.24) is 9.44 Å². The van der Waals surface area contributed by atoms with Gasteiger partial charge in [0.05, 0.1) is 9.79 Å². The first-order valence-electron chi connectivity index (χ1n) is 16.6. The zero-order chi connectivity index (χ0) is 36.5. The highest BCUT2D eigenvalue weighted by atomic mass is 32.2. The molecule has 2 saturated carbocycles. The standard InChI is InChI=1S/C18H19F2NO3S.C17H17F2NO2S.C2H6/c19-14-4-8-17(18(20)10-14)13-2-6-16(7-3-13)25(23,24)21-15-5-1-12(9-15)11-22;18-13-7-10-16(17(19)11-13)12-5-8-15(9-6-12)23(21,22)20-14-3-1-2-4-14;1-2/h2-4,6-8,10,12,15,21-22H,1,5,9,11H2;5-11,14,20H,1-4H2;1-2H3/t12-,15?;;/m1../s1. The number of aliphatic hydroxyl groups excluding tert-OH is 1. The van der Waals surface area contributed by atoms with Crippen molar-refractivity contribution < 1.29 is 39.5 Å².